The molecule has 0 amide bonds. The Labute approximate surface area is 109 Å². The Bertz CT molecular complexity index is 268. The van der Waals surface area contributed by atoms with Crippen LogP contribution in [-0.4, -0.2) is 44.3 Å². The van der Waals surface area contributed by atoms with Crippen LogP contribution in [0.5, 0.6) is 0 Å². The third kappa shape index (κ3) is 2.72. The zero-order valence-corrected chi connectivity index (χ0v) is 11.3. The van der Waals surface area contributed by atoms with E-state index in [1.807, 2.05) is 0 Å². The Morgan fingerprint density at radius 3 is 2.39 bits per heavy atom. The van der Waals surface area contributed by atoms with Gasteiger partial charge in [-0.05, 0) is 32.1 Å². The number of ether oxygens (including phenoxy) is 3. The standard InChI is InChI=1S/C14H25NO3/c1-11-12(4-7-16-11)10-15-13-2-5-14(6-3-13)17-8-9-18-14/h11-13,15H,2-10H2,1H3. The smallest absolute Gasteiger partial charge is 0.168 e. The van der Waals surface area contributed by atoms with E-state index < -0.39 is 0 Å². The summed E-state index contributed by atoms with van der Waals surface area (Å²) in [6.45, 7) is 5.77. The van der Waals surface area contributed by atoms with Gasteiger partial charge in [-0.25, -0.2) is 0 Å². The third-order valence-electron chi connectivity index (χ3n) is 4.76. The Hall–Kier alpha value is -0.160. The second-order valence-corrected chi connectivity index (χ2v) is 5.91. The summed E-state index contributed by atoms with van der Waals surface area (Å²) in [4.78, 5) is 0. The fraction of sp³-hybridized carbons (Fsp3) is 1.00. The highest BCUT2D eigenvalue weighted by molar-refractivity contribution is 4.86. The summed E-state index contributed by atoms with van der Waals surface area (Å²) in [7, 11) is 0. The van der Waals surface area contributed by atoms with Crippen LogP contribution in [0.25, 0.3) is 0 Å². The van der Waals surface area contributed by atoms with Crippen molar-refractivity contribution in [2.75, 3.05) is 26.4 Å². The fourth-order valence-electron chi connectivity index (χ4n) is 3.41. The molecule has 1 N–H and O–H groups in total. The summed E-state index contributed by atoms with van der Waals surface area (Å²) in [6, 6.07) is 0.635. The summed E-state index contributed by atoms with van der Waals surface area (Å²) in [5, 5.41) is 3.71. The SMILES string of the molecule is CC1OCCC1CNC1CCC2(CC1)OCCO2. The Balaban J connectivity index is 1.40. The number of hydrogen-bond donors (Lipinski definition) is 1. The fourth-order valence-corrected chi connectivity index (χ4v) is 3.41. The lowest BCUT2D eigenvalue weighted by atomic mass is 9.89. The molecule has 2 atom stereocenters. The second kappa shape index (κ2) is 5.45. The lowest BCUT2D eigenvalue weighted by molar-refractivity contribution is -0.179. The minimum atomic E-state index is -0.220. The average molecular weight is 255 g/mol. The molecule has 0 aromatic carbocycles. The largest absolute Gasteiger partial charge is 0.378 e. The van der Waals surface area contributed by atoms with Gasteiger partial charge in [-0.1, -0.05) is 0 Å². The molecule has 104 valence electrons. The second-order valence-electron chi connectivity index (χ2n) is 5.91. The minimum absolute atomic E-state index is 0.220. The van der Waals surface area contributed by atoms with Crippen molar-refractivity contribution in [2.45, 2.75) is 57.0 Å². The molecule has 2 heterocycles. The van der Waals surface area contributed by atoms with Crippen molar-refractivity contribution in [3.63, 3.8) is 0 Å². The molecule has 2 aliphatic heterocycles. The molecule has 0 bridgehead atoms. The molecule has 3 rings (SSSR count). The molecule has 1 saturated carbocycles. The lowest BCUT2D eigenvalue weighted by Crippen LogP contribution is -2.43. The molecule has 0 radical (unpaired) electrons. The zero-order valence-electron chi connectivity index (χ0n) is 11.3. The Kier molecular flexibility index (Phi) is 3.89. The maximum Gasteiger partial charge on any atom is 0.168 e. The molecule has 1 aliphatic carbocycles. The van der Waals surface area contributed by atoms with E-state index in [0.717, 1.165) is 39.2 Å². The van der Waals surface area contributed by atoms with Gasteiger partial charge in [0.1, 0.15) is 0 Å². The summed E-state index contributed by atoms with van der Waals surface area (Å²) < 4.78 is 17.1. The summed E-state index contributed by atoms with van der Waals surface area (Å²) in [6.07, 6.45) is 6.05. The zero-order chi connectivity index (χ0) is 12.4. The normalized spacial score (nSPS) is 36.5. The number of nitrogens with one attached hydrogen (secondary N) is 1. The van der Waals surface area contributed by atoms with Gasteiger partial charge in [0, 0.05) is 32.0 Å². The molecule has 3 fully saturated rings. The maximum atomic E-state index is 5.75. The molecule has 4 nitrogen and oxygen atoms in total. The molecular formula is C14H25NO3. The van der Waals surface area contributed by atoms with E-state index >= 15 is 0 Å². The number of rotatable bonds is 3. The van der Waals surface area contributed by atoms with Crippen molar-refractivity contribution in [1.82, 2.24) is 5.32 Å². The summed E-state index contributed by atoms with van der Waals surface area (Å²) in [5.74, 6) is 0.474. The van der Waals surface area contributed by atoms with Crippen LogP contribution in [0, 0.1) is 5.92 Å². The molecule has 18 heavy (non-hydrogen) atoms. The van der Waals surface area contributed by atoms with E-state index in [0.29, 0.717) is 18.1 Å². The van der Waals surface area contributed by atoms with Gasteiger partial charge in [0.25, 0.3) is 0 Å². The molecular weight excluding hydrogens is 230 g/mol. The third-order valence-corrected chi connectivity index (χ3v) is 4.76. The molecule has 4 heteroatoms. The van der Waals surface area contributed by atoms with Gasteiger partial charge >= 0.3 is 0 Å². The van der Waals surface area contributed by atoms with Crippen LogP contribution in [-0.2, 0) is 14.2 Å². The topological polar surface area (TPSA) is 39.7 Å². The highest BCUT2D eigenvalue weighted by Gasteiger charge is 2.40. The van der Waals surface area contributed by atoms with Crippen LogP contribution in [0.3, 0.4) is 0 Å². The monoisotopic (exact) mass is 255 g/mol. The van der Waals surface area contributed by atoms with Gasteiger partial charge in [0.15, 0.2) is 5.79 Å². The first kappa shape index (κ1) is 12.9. The Morgan fingerprint density at radius 2 is 1.78 bits per heavy atom. The van der Waals surface area contributed by atoms with E-state index in [4.69, 9.17) is 14.2 Å². The van der Waals surface area contributed by atoms with Gasteiger partial charge in [0.2, 0.25) is 0 Å². The van der Waals surface area contributed by atoms with Gasteiger partial charge in [-0.2, -0.15) is 0 Å². The van der Waals surface area contributed by atoms with E-state index in [2.05, 4.69) is 12.2 Å². The summed E-state index contributed by atoms with van der Waals surface area (Å²) in [5.41, 5.74) is 0. The highest BCUT2D eigenvalue weighted by atomic mass is 16.7. The number of hydrogen-bond acceptors (Lipinski definition) is 4. The quantitative estimate of drug-likeness (QED) is 0.833. The van der Waals surface area contributed by atoms with Crippen molar-refractivity contribution in [1.29, 1.82) is 0 Å². The van der Waals surface area contributed by atoms with Crippen LogP contribution >= 0.6 is 0 Å². The summed E-state index contributed by atoms with van der Waals surface area (Å²) >= 11 is 0. The van der Waals surface area contributed by atoms with Gasteiger partial charge in [0.05, 0.1) is 19.3 Å². The van der Waals surface area contributed by atoms with E-state index in [1.165, 1.54) is 19.3 Å². The van der Waals surface area contributed by atoms with Crippen molar-refractivity contribution in [3.05, 3.63) is 0 Å². The predicted molar refractivity (Wildman–Crippen MR) is 68.4 cm³/mol. The van der Waals surface area contributed by atoms with Gasteiger partial charge in [-0.3, -0.25) is 0 Å². The van der Waals surface area contributed by atoms with Crippen LogP contribution in [0.2, 0.25) is 0 Å². The lowest BCUT2D eigenvalue weighted by Gasteiger charge is -2.36. The highest BCUT2D eigenvalue weighted by Crippen LogP contribution is 2.35. The first-order valence-electron chi connectivity index (χ1n) is 7.40. The Morgan fingerprint density at radius 1 is 1.06 bits per heavy atom. The molecule has 1 spiro atoms. The maximum absolute atomic E-state index is 5.75. The van der Waals surface area contributed by atoms with Crippen LogP contribution < -0.4 is 5.32 Å². The van der Waals surface area contributed by atoms with Crippen LogP contribution in [0.4, 0.5) is 0 Å². The van der Waals surface area contributed by atoms with Crippen molar-refractivity contribution < 1.29 is 14.2 Å². The van der Waals surface area contributed by atoms with E-state index in [1.54, 1.807) is 0 Å². The molecule has 2 unspecified atom stereocenters. The average Bonchev–Trinajstić information content (AvgIpc) is 2.99. The van der Waals surface area contributed by atoms with Crippen molar-refractivity contribution >= 4 is 0 Å². The molecule has 0 aromatic heterocycles. The van der Waals surface area contributed by atoms with Gasteiger partial charge in [-0.15, -0.1) is 0 Å². The predicted octanol–water partition coefficient (Wildman–Crippen LogP) is 1.69. The first-order valence-corrected chi connectivity index (χ1v) is 7.40. The minimum Gasteiger partial charge on any atom is -0.378 e. The molecule has 2 saturated heterocycles. The first-order chi connectivity index (χ1) is 8.77. The molecule has 0 aromatic rings. The van der Waals surface area contributed by atoms with Crippen molar-refractivity contribution in [2.24, 2.45) is 5.92 Å². The van der Waals surface area contributed by atoms with Crippen molar-refractivity contribution in [3.8, 4) is 0 Å². The van der Waals surface area contributed by atoms with Crippen LogP contribution in [0.1, 0.15) is 39.0 Å². The van der Waals surface area contributed by atoms with Crippen LogP contribution in [0.15, 0.2) is 0 Å². The van der Waals surface area contributed by atoms with E-state index in [-0.39, 0.29) is 5.79 Å². The van der Waals surface area contributed by atoms with E-state index in [9.17, 15) is 0 Å². The molecule has 3 aliphatic rings. The van der Waals surface area contributed by atoms with Gasteiger partial charge < -0.3 is 19.5 Å².